The summed E-state index contributed by atoms with van der Waals surface area (Å²) in [5, 5.41) is 11.5. The summed E-state index contributed by atoms with van der Waals surface area (Å²) in [5.74, 6) is -2.59. The van der Waals surface area contributed by atoms with E-state index in [1.807, 2.05) is 48.5 Å². The maximum Gasteiger partial charge on any atom is 0.411 e. The first-order chi connectivity index (χ1) is 16.4. The highest BCUT2D eigenvalue weighted by molar-refractivity contribution is 5.98. The number of halogens is 1. The summed E-state index contributed by atoms with van der Waals surface area (Å²) in [5.41, 5.74) is 4.22. The van der Waals surface area contributed by atoms with Crippen LogP contribution in [0, 0.1) is 5.82 Å². The molecule has 1 aliphatic heterocycles. The number of fused-ring (bicyclic) bond motifs is 3. The second-order valence-corrected chi connectivity index (χ2v) is 8.29. The molecule has 2 aliphatic rings. The van der Waals surface area contributed by atoms with Crippen molar-refractivity contribution in [1.82, 2.24) is 4.90 Å². The molecule has 172 valence electrons. The number of hydrogen-bond donors (Lipinski definition) is 2. The lowest BCUT2D eigenvalue weighted by atomic mass is 9.98. The van der Waals surface area contributed by atoms with Crippen LogP contribution in [0.1, 0.15) is 33.8 Å². The third-order valence-electron chi connectivity index (χ3n) is 6.36. The van der Waals surface area contributed by atoms with E-state index in [-0.39, 0.29) is 23.8 Å². The topological polar surface area (TPSA) is 95.9 Å². The van der Waals surface area contributed by atoms with E-state index in [4.69, 9.17) is 9.84 Å². The number of aliphatic carboxylic acids is 1. The van der Waals surface area contributed by atoms with E-state index in [9.17, 15) is 18.8 Å². The lowest BCUT2D eigenvalue weighted by Crippen LogP contribution is -2.55. The van der Waals surface area contributed by atoms with Gasteiger partial charge in [0.2, 0.25) is 0 Å². The van der Waals surface area contributed by atoms with Crippen LogP contribution in [-0.4, -0.2) is 47.2 Å². The molecule has 1 aliphatic carbocycles. The van der Waals surface area contributed by atoms with Gasteiger partial charge in [-0.05, 0) is 46.9 Å². The molecule has 1 saturated heterocycles. The van der Waals surface area contributed by atoms with Crippen molar-refractivity contribution >= 4 is 23.7 Å². The summed E-state index contributed by atoms with van der Waals surface area (Å²) in [6, 6.07) is 18.6. The van der Waals surface area contributed by atoms with Crippen molar-refractivity contribution in [1.29, 1.82) is 0 Å². The first-order valence-electron chi connectivity index (χ1n) is 10.9. The van der Waals surface area contributed by atoms with E-state index in [0.717, 1.165) is 28.3 Å². The number of amides is 2. The Bertz CT molecular complexity index is 1260. The first kappa shape index (κ1) is 21.6. The Morgan fingerprint density at radius 2 is 1.65 bits per heavy atom. The molecule has 0 saturated carbocycles. The number of carbonyl (C=O) groups excluding carboxylic acids is 2. The summed E-state index contributed by atoms with van der Waals surface area (Å²) in [6.07, 6.45) is -0.446. The van der Waals surface area contributed by atoms with Gasteiger partial charge < -0.3 is 14.7 Å². The van der Waals surface area contributed by atoms with Crippen molar-refractivity contribution in [2.45, 2.75) is 18.4 Å². The predicted octanol–water partition coefficient (Wildman–Crippen LogP) is 4.49. The van der Waals surface area contributed by atoms with Crippen molar-refractivity contribution in [2.24, 2.45) is 0 Å². The van der Waals surface area contributed by atoms with E-state index < -0.39 is 29.8 Å². The van der Waals surface area contributed by atoms with Gasteiger partial charge in [-0.3, -0.25) is 10.1 Å². The van der Waals surface area contributed by atoms with Gasteiger partial charge in [0.1, 0.15) is 18.5 Å². The van der Waals surface area contributed by atoms with Crippen molar-refractivity contribution in [3.05, 3.63) is 89.2 Å². The minimum absolute atomic E-state index is 0.0153. The molecule has 3 aromatic carbocycles. The fraction of sp³-hybridized carbons (Fsp3) is 0.192. The molecular formula is C26H21FN2O5. The number of rotatable bonds is 5. The maximum absolute atomic E-state index is 14.6. The summed E-state index contributed by atoms with van der Waals surface area (Å²) in [6.45, 7) is 0.390. The Balaban J connectivity index is 1.24. The minimum Gasteiger partial charge on any atom is -0.480 e. The van der Waals surface area contributed by atoms with E-state index in [2.05, 4.69) is 5.32 Å². The Kier molecular flexibility index (Phi) is 5.49. The van der Waals surface area contributed by atoms with E-state index >= 15 is 0 Å². The lowest BCUT2D eigenvalue weighted by Gasteiger charge is -2.37. The number of anilines is 1. The van der Waals surface area contributed by atoms with Crippen molar-refractivity contribution in [3.8, 4) is 11.1 Å². The number of nitrogens with zero attached hydrogens (tertiary/aromatic N) is 1. The van der Waals surface area contributed by atoms with Gasteiger partial charge in [-0.2, -0.15) is 0 Å². The average Bonchev–Trinajstić information content (AvgIpc) is 3.11. The SMILES string of the molecule is O=C(Nc1ccc(C(=O)N2CCC2C(=O)O)cc1F)OCC1c2ccccc2-c2ccccc21. The summed E-state index contributed by atoms with van der Waals surface area (Å²) in [4.78, 5) is 37.2. The molecule has 1 unspecified atom stereocenters. The molecule has 2 N–H and O–H groups in total. The zero-order chi connectivity index (χ0) is 23.8. The second kappa shape index (κ2) is 8.62. The number of nitrogens with one attached hydrogen (secondary N) is 1. The molecule has 2 amide bonds. The third-order valence-corrected chi connectivity index (χ3v) is 6.36. The van der Waals surface area contributed by atoms with Gasteiger partial charge in [0, 0.05) is 18.0 Å². The summed E-state index contributed by atoms with van der Waals surface area (Å²) in [7, 11) is 0. The van der Waals surface area contributed by atoms with E-state index in [1.165, 1.54) is 17.0 Å². The van der Waals surface area contributed by atoms with Crippen LogP contribution in [0.2, 0.25) is 0 Å². The Labute approximate surface area is 194 Å². The van der Waals surface area contributed by atoms with E-state index in [1.54, 1.807) is 0 Å². The minimum atomic E-state index is -1.09. The molecule has 1 fully saturated rings. The highest BCUT2D eigenvalue weighted by Crippen LogP contribution is 2.44. The molecule has 1 atom stereocenters. The largest absolute Gasteiger partial charge is 0.480 e. The second-order valence-electron chi connectivity index (χ2n) is 8.29. The number of likely N-dealkylation sites (tertiary alicyclic amines) is 1. The van der Waals surface area contributed by atoms with Crippen molar-refractivity contribution in [2.75, 3.05) is 18.5 Å². The highest BCUT2D eigenvalue weighted by atomic mass is 19.1. The van der Waals surface area contributed by atoms with Crippen LogP contribution in [0.3, 0.4) is 0 Å². The fourth-order valence-electron chi connectivity index (χ4n) is 4.55. The molecule has 0 bridgehead atoms. The molecule has 5 rings (SSSR count). The molecule has 0 aromatic heterocycles. The van der Waals surface area contributed by atoms with Crippen LogP contribution >= 0.6 is 0 Å². The van der Waals surface area contributed by atoms with E-state index in [0.29, 0.717) is 13.0 Å². The summed E-state index contributed by atoms with van der Waals surface area (Å²) >= 11 is 0. The number of carbonyl (C=O) groups is 3. The zero-order valence-electron chi connectivity index (χ0n) is 18.0. The molecule has 8 heteroatoms. The number of benzene rings is 3. The van der Waals surface area contributed by atoms with Gasteiger partial charge in [-0.15, -0.1) is 0 Å². The fourth-order valence-corrected chi connectivity index (χ4v) is 4.55. The number of hydrogen-bond acceptors (Lipinski definition) is 4. The zero-order valence-corrected chi connectivity index (χ0v) is 18.0. The standard InChI is InChI=1S/C26H21FN2O5/c27-21-13-15(24(30)29-12-11-23(29)25(31)32)9-10-22(21)28-26(33)34-14-20-18-7-3-1-5-16(18)17-6-2-4-8-19(17)20/h1-10,13,20,23H,11-12,14H2,(H,28,33)(H,31,32). The van der Waals surface area contributed by atoms with Gasteiger partial charge in [0.25, 0.3) is 5.91 Å². The quantitative estimate of drug-likeness (QED) is 0.585. The number of carboxylic acid groups (broad SMARTS) is 1. The van der Waals surface area contributed by atoms with Crippen LogP contribution < -0.4 is 5.32 Å². The Morgan fingerprint density at radius 1 is 1.00 bits per heavy atom. The van der Waals surface area contributed by atoms with Gasteiger partial charge in [0.05, 0.1) is 5.69 Å². The Hall–Kier alpha value is -4.20. The molecule has 34 heavy (non-hydrogen) atoms. The highest BCUT2D eigenvalue weighted by Gasteiger charge is 2.38. The van der Waals surface area contributed by atoms with Crippen LogP contribution in [0.4, 0.5) is 14.9 Å². The molecule has 0 radical (unpaired) electrons. The predicted molar refractivity (Wildman–Crippen MR) is 122 cm³/mol. The number of ether oxygens (including phenoxy) is 1. The van der Waals surface area contributed by atoms with Gasteiger partial charge >= 0.3 is 12.1 Å². The van der Waals surface area contributed by atoms with Crippen molar-refractivity contribution in [3.63, 3.8) is 0 Å². The van der Waals surface area contributed by atoms with Crippen LogP contribution in [0.15, 0.2) is 66.7 Å². The van der Waals surface area contributed by atoms with Gasteiger partial charge in [-0.1, -0.05) is 48.5 Å². The molecule has 0 spiro atoms. The summed E-state index contributed by atoms with van der Waals surface area (Å²) < 4.78 is 20.0. The monoisotopic (exact) mass is 460 g/mol. The first-order valence-corrected chi connectivity index (χ1v) is 10.9. The molecule has 7 nitrogen and oxygen atoms in total. The smallest absolute Gasteiger partial charge is 0.411 e. The maximum atomic E-state index is 14.6. The number of carboxylic acids is 1. The lowest BCUT2D eigenvalue weighted by molar-refractivity contribution is -0.146. The van der Waals surface area contributed by atoms with Crippen molar-refractivity contribution < 1.29 is 28.6 Å². The molecule has 1 heterocycles. The average molecular weight is 460 g/mol. The molecular weight excluding hydrogens is 439 g/mol. The van der Waals surface area contributed by atoms with Crippen LogP contribution in [0.5, 0.6) is 0 Å². The Morgan fingerprint density at radius 3 is 2.21 bits per heavy atom. The van der Waals surface area contributed by atoms with Crippen LogP contribution in [0.25, 0.3) is 11.1 Å². The van der Waals surface area contributed by atoms with Crippen LogP contribution in [-0.2, 0) is 9.53 Å². The van der Waals surface area contributed by atoms with Gasteiger partial charge in [-0.25, -0.2) is 14.0 Å². The normalized spacial score (nSPS) is 16.3. The van der Waals surface area contributed by atoms with Gasteiger partial charge in [0.15, 0.2) is 0 Å². The molecule has 3 aromatic rings. The third kappa shape index (κ3) is 3.77.